The highest BCUT2D eigenvalue weighted by molar-refractivity contribution is 7.10. The van der Waals surface area contributed by atoms with E-state index in [0.717, 1.165) is 15.1 Å². The molecular formula is C19H13N3O3S. The fourth-order valence-corrected chi connectivity index (χ4v) is 3.00. The van der Waals surface area contributed by atoms with E-state index in [9.17, 15) is 20.0 Å². The normalized spacial score (nSPS) is 10.8. The van der Waals surface area contributed by atoms with Crippen LogP contribution < -0.4 is 5.56 Å². The summed E-state index contributed by atoms with van der Waals surface area (Å²) < 4.78 is 0.948. The smallest absolute Gasteiger partial charge is 0.357 e. The van der Waals surface area contributed by atoms with Crippen molar-refractivity contribution in [3.05, 3.63) is 79.4 Å². The Balaban J connectivity index is 2.24. The number of hydrogen-bond donors (Lipinski definition) is 1. The molecule has 0 saturated heterocycles. The molecule has 128 valence electrons. The van der Waals surface area contributed by atoms with Gasteiger partial charge in [0.1, 0.15) is 11.6 Å². The van der Waals surface area contributed by atoms with Gasteiger partial charge in [0.15, 0.2) is 5.69 Å². The van der Waals surface area contributed by atoms with Gasteiger partial charge in [-0.15, -0.1) is 11.3 Å². The van der Waals surface area contributed by atoms with E-state index in [4.69, 9.17) is 0 Å². The van der Waals surface area contributed by atoms with Crippen LogP contribution in [0.1, 0.15) is 32.1 Å². The van der Waals surface area contributed by atoms with Crippen LogP contribution in [0.25, 0.3) is 17.8 Å². The Kier molecular flexibility index (Phi) is 4.78. The molecule has 0 aliphatic carbocycles. The zero-order chi connectivity index (χ0) is 18.7. The minimum Gasteiger partial charge on any atom is -0.476 e. The van der Waals surface area contributed by atoms with E-state index >= 15 is 0 Å². The highest BCUT2D eigenvalue weighted by Crippen LogP contribution is 2.18. The maximum atomic E-state index is 12.7. The van der Waals surface area contributed by atoms with Gasteiger partial charge in [0, 0.05) is 10.4 Å². The molecule has 2 aromatic heterocycles. The Hall–Kier alpha value is -3.50. The van der Waals surface area contributed by atoms with Crippen molar-refractivity contribution in [2.45, 2.75) is 6.92 Å². The Morgan fingerprint density at radius 3 is 2.58 bits per heavy atom. The molecule has 6 nitrogen and oxygen atoms in total. The van der Waals surface area contributed by atoms with E-state index in [1.807, 2.05) is 30.5 Å². The van der Waals surface area contributed by atoms with Crippen LogP contribution in [-0.4, -0.2) is 20.9 Å². The van der Waals surface area contributed by atoms with Crippen LogP contribution in [0, 0.1) is 18.3 Å². The Labute approximate surface area is 152 Å². The standard InChI is InChI=1S/C19H13N3O3S/c1-12-4-6-13(7-5-12)22-18(23)16(11-20)15(17(21-22)19(24)25)9-8-14-3-2-10-26-14/h2-10H,1H3,(H,24,25)/b9-8+. The van der Waals surface area contributed by atoms with Gasteiger partial charge in [-0.25, -0.2) is 4.79 Å². The molecule has 0 fully saturated rings. The molecule has 3 aromatic rings. The SMILES string of the molecule is Cc1ccc(-n2nc(C(=O)O)c(/C=C/c3cccs3)c(C#N)c2=O)cc1. The van der Waals surface area contributed by atoms with E-state index in [0.29, 0.717) is 5.69 Å². The average Bonchev–Trinajstić information content (AvgIpc) is 3.14. The van der Waals surface area contributed by atoms with E-state index in [1.165, 1.54) is 17.4 Å². The molecule has 7 heteroatoms. The van der Waals surface area contributed by atoms with Crippen molar-refractivity contribution in [3.63, 3.8) is 0 Å². The summed E-state index contributed by atoms with van der Waals surface area (Å²) in [6.07, 6.45) is 3.10. The van der Waals surface area contributed by atoms with Crippen molar-refractivity contribution >= 4 is 29.5 Å². The number of benzene rings is 1. The molecule has 3 rings (SSSR count). The lowest BCUT2D eigenvalue weighted by molar-refractivity contribution is 0.0688. The van der Waals surface area contributed by atoms with Crippen LogP contribution in [0.3, 0.4) is 0 Å². The highest BCUT2D eigenvalue weighted by Gasteiger charge is 2.21. The quantitative estimate of drug-likeness (QED) is 0.767. The van der Waals surface area contributed by atoms with Gasteiger partial charge in [-0.05, 0) is 42.7 Å². The lowest BCUT2D eigenvalue weighted by Gasteiger charge is -2.09. The van der Waals surface area contributed by atoms with Crippen molar-refractivity contribution in [2.24, 2.45) is 0 Å². The molecule has 0 saturated carbocycles. The number of carboxylic acid groups (broad SMARTS) is 1. The molecule has 1 aromatic carbocycles. The average molecular weight is 363 g/mol. The number of thiophene rings is 1. The third kappa shape index (κ3) is 3.31. The van der Waals surface area contributed by atoms with Gasteiger partial charge in [-0.2, -0.15) is 15.0 Å². The zero-order valence-electron chi connectivity index (χ0n) is 13.7. The summed E-state index contributed by atoms with van der Waals surface area (Å²) in [7, 11) is 0. The monoisotopic (exact) mass is 363 g/mol. The van der Waals surface area contributed by atoms with Crippen molar-refractivity contribution in [2.75, 3.05) is 0 Å². The minimum atomic E-state index is -1.31. The molecule has 0 radical (unpaired) electrons. The lowest BCUT2D eigenvalue weighted by Crippen LogP contribution is -2.28. The largest absolute Gasteiger partial charge is 0.476 e. The van der Waals surface area contributed by atoms with Crippen LogP contribution in [0.15, 0.2) is 46.6 Å². The van der Waals surface area contributed by atoms with E-state index in [2.05, 4.69) is 5.10 Å². The van der Waals surface area contributed by atoms with Gasteiger partial charge < -0.3 is 5.11 Å². The van der Waals surface area contributed by atoms with Crippen LogP contribution in [0.4, 0.5) is 0 Å². The first kappa shape index (κ1) is 17.3. The number of nitriles is 1. The molecule has 2 heterocycles. The molecule has 0 aliphatic heterocycles. The molecule has 0 bridgehead atoms. The molecule has 0 spiro atoms. The first-order valence-electron chi connectivity index (χ1n) is 7.60. The first-order chi connectivity index (χ1) is 12.5. The molecule has 26 heavy (non-hydrogen) atoms. The molecule has 0 unspecified atom stereocenters. The number of aromatic nitrogens is 2. The number of rotatable bonds is 4. The minimum absolute atomic E-state index is 0.00163. The number of aryl methyl sites for hydroxylation is 1. The Bertz CT molecular complexity index is 1090. The molecule has 1 N–H and O–H groups in total. The predicted octanol–water partition coefficient (Wildman–Crippen LogP) is 3.34. The van der Waals surface area contributed by atoms with E-state index in [-0.39, 0.29) is 16.8 Å². The van der Waals surface area contributed by atoms with Crippen LogP contribution in [-0.2, 0) is 0 Å². The molecule has 0 aliphatic rings. The summed E-state index contributed by atoms with van der Waals surface area (Å²) in [5.41, 5.74) is 0.110. The van der Waals surface area contributed by atoms with Gasteiger partial charge in [0.2, 0.25) is 0 Å². The maximum absolute atomic E-state index is 12.7. The number of hydrogen-bond acceptors (Lipinski definition) is 5. The number of nitrogens with zero attached hydrogens (tertiary/aromatic N) is 3. The highest BCUT2D eigenvalue weighted by atomic mass is 32.1. The summed E-state index contributed by atoms with van der Waals surface area (Å²) in [4.78, 5) is 25.2. The van der Waals surface area contributed by atoms with Crippen molar-refractivity contribution in [3.8, 4) is 11.8 Å². The van der Waals surface area contributed by atoms with Crippen LogP contribution in [0.5, 0.6) is 0 Å². The number of carboxylic acids is 1. The lowest BCUT2D eigenvalue weighted by atomic mass is 10.1. The van der Waals surface area contributed by atoms with Gasteiger partial charge >= 0.3 is 5.97 Å². The Morgan fingerprint density at radius 1 is 1.27 bits per heavy atom. The summed E-state index contributed by atoms with van der Waals surface area (Å²) in [5.74, 6) is -1.31. The summed E-state index contributed by atoms with van der Waals surface area (Å²) >= 11 is 1.45. The van der Waals surface area contributed by atoms with Crippen molar-refractivity contribution in [1.29, 1.82) is 5.26 Å². The van der Waals surface area contributed by atoms with Crippen LogP contribution >= 0.6 is 11.3 Å². The first-order valence-corrected chi connectivity index (χ1v) is 8.48. The second kappa shape index (κ2) is 7.17. The van der Waals surface area contributed by atoms with Gasteiger partial charge in [-0.1, -0.05) is 23.8 Å². The van der Waals surface area contributed by atoms with Crippen molar-refractivity contribution < 1.29 is 9.90 Å². The fraction of sp³-hybridized carbons (Fsp3) is 0.0526. The summed E-state index contributed by atoms with van der Waals surface area (Å²) in [6.45, 7) is 1.89. The zero-order valence-corrected chi connectivity index (χ0v) is 14.5. The molecular weight excluding hydrogens is 350 g/mol. The number of carbonyl (C=O) groups is 1. The van der Waals surface area contributed by atoms with E-state index in [1.54, 1.807) is 30.3 Å². The van der Waals surface area contributed by atoms with Gasteiger partial charge in [0.05, 0.1) is 5.69 Å². The molecule has 0 amide bonds. The fourth-order valence-electron chi connectivity index (χ4n) is 2.38. The summed E-state index contributed by atoms with van der Waals surface area (Å²) in [5, 5.41) is 24.9. The topological polar surface area (TPSA) is 96.0 Å². The number of aromatic carboxylic acids is 1. The third-order valence-electron chi connectivity index (χ3n) is 3.68. The third-order valence-corrected chi connectivity index (χ3v) is 4.52. The predicted molar refractivity (Wildman–Crippen MR) is 99.5 cm³/mol. The van der Waals surface area contributed by atoms with Crippen LogP contribution in [0.2, 0.25) is 0 Å². The Morgan fingerprint density at radius 2 is 2.00 bits per heavy atom. The maximum Gasteiger partial charge on any atom is 0.357 e. The molecule has 0 atom stereocenters. The van der Waals surface area contributed by atoms with Crippen molar-refractivity contribution in [1.82, 2.24) is 9.78 Å². The second-order valence-corrected chi connectivity index (χ2v) is 6.43. The second-order valence-electron chi connectivity index (χ2n) is 5.46. The van der Waals surface area contributed by atoms with E-state index < -0.39 is 11.5 Å². The van der Waals surface area contributed by atoms with Gasteiger partial charge in [0.25, 0.3) is 5.56 Å². The summed E-state index contributed by atoms with van der Waals surface area (Å²) in [6, 6.07) is 12.4. The van der Waals surface area contributed by atoms with Gasteiger partial charge in [-0.3, -0.25) is 4.79 Å².